The fourth-order valence-electron chi connectivity index (χ4n) is 9.14. The monoisotopic (exact) mass is 770 g/mol. The van der Waals surface area contributed by atoms with Crippen molar-refractivity contribution in [1.29, 1.82) is 0 Å². The zero-order valence-electron chi connectivity index (χ0n) is 31.4. The second-order valence-electron chi connectivity index (χ2n) is 15.1. The Kier molecular flexibility index (Phi) is 6.82. The Morgan fingerprint density at radius 1 is 0.407 bits per heavy atom. The molecule has 5 nitrogen and oxygen atoms in total. The van der Waals surface area contributed by atoms with Gasteiger partial charge in [-0.15, -0.1) is 11.3 Å². The van der Waals surface area contributed by atoms with Crippen molar-refractivity contribution in [1.82, 2.24) is 19.5 Å². The number of para-hydroxylation sites is 1. The highest BCUT2D eigenvalue weighted by Crippen LogP contribution is 2.45. The minimum atomic E-state index is 0.607. The molecule has 0 aliphatic rings. The highest BCUT2D eigenvalue weighted by molar-refractivity contribution is 7.26. The third kappa shape index (κ3) is 4.87. The maximum atomic E-state index is 6.21. The summed E-state index contributed by atoms with van der Waals surface area (Å²) < 4.78 is 11.0. The average molecular weight is 771 g/mol. The summed E-state index contributed by atoms with van der Waals surface area (Å²) in [6.45, 7) is 0. The SMILES string of the molecule is c1ccc(-c2nc(-c3ccc4oc5ccccc5c4c3)nc(-c3cc(-n4c5ccc6ccccc6c5c5c6ccccc6ccc54)cc4c3sc3ccccc34)n2)cc1. The number of furan rings is 1. The van der Waals surface area contributed by atoms with Gasteiger partial charge in [-0.1, -0.05) is 127 Å². The summed E-state index contributed by atoms with van der Waals surface area (Å²) in [5, 5.41) is 11.9. The molecule has 274 valence electrons. The van der Waals surface area contributed by atoms with E-state index in [9.17, 15) is 0 Å². The number of benzene rings is 9. The Morgan fingerprint density at radius 2 is 1.00 bits per heavy atom. The van der Waals surface area contributed by atoms with Crippen LogP contribution in [0.15, 0.2) is 186 Å². The van der Waals surface area contributed by atoms with E-state index in [0.29, 0.717) is 17.5 Å². The molecule has 59 heavy (non-hydrogen) atoms. The minimum absolute atomic E-state index is 0.607. The summed E-state index contributed by atoms with van der Waals surface area (Å²) in [6.07, 6.45) is 0. The van der Waals surface area contributed by atoms with Crippen molar-refractivity contribution < 1.29 is 4.42 Å². The number of thiophene rings is 1. The Morgan fingerprint density at radius 3 is 1.75 bits per heavy atom. The first-order chi connectivity index (χ1) is 29.2. The van der Waals surface area contributed by atoms with Crippen molar-refractivity contribution in [2.75, 3.05) is 0 Å². The van der Waals surface area contributed by atoms with Gasteiger partial charge in [0.25, 0.3) is 0 Å². The standard InChI is InChI=1S/C53H30N4OS/c1-2-14-33(15-3-1)51-54-52(34-24-27-46-40(28-34)38-18-8-10-20-45(38)58-46)56-53(55-51)42-30-35(29-41-39-19-9-11-21-47(39)59-50(41)42)57-43-25-22-31-12-4-6-16-36(31)48(43)49-37-17-7-5-13-32(37)23-26-44(49)57/h1-30H. The topological polar surface area (TPSA) is 56.7 Å². The molecule has 0 unspecified atom stereocenters. The van der Waals surface area contributed by atoms with E-state index >= 15 is 0 Å². The molecule has 0 saturated heterocycles. The van der Waals surface area contributed by atoms with Crippen molar-refractivity contribution in [3.63, 3.8) is 0 Å². The molecule has 4 aromatic heterocycles. The summed E-state index contributed by atoms with van der Waals surface area (Å²) >= 11 is 1.79. The second-order valence-corrected chi connectivity index (χ2v) is 16.2. The first-order valence-corrected chi connectivity index (χ1v) is 20.6. The molecule has 9 aromatic carbocycles. The van der Waals surface area contributed by atoms with Gasteiger partial charge in [0, 0.05) is 64.1 Å². The number of hydrogen-bond donors (Lipinski definition) is 0. The lowest BCUT2D eigenvalue weighted by Gasteiger charge is -2.13. The van der Waals surface area contributed by atoms with Gasteiger partial charge in [-0.25, -0.2) is 15.0 Å². The largest absolute Gasteiger partial charge is 0.456 e. The molecule has 0 aliphatic heterocycles. The molecule has 0 aliphatic carbocycles. The number of aromatic nitrogens is 4. The van der Waals surface area contributed by atoms with Crippen LogP contribution in [0.5, 0.6) is 0 Å². The molecule has 0 spiro atoms. The zero-order chi connectivity index (χ0) is 38.6. The molecule has 0 bridgehead atoms. The van der Waals surface area contributed by atoms with Gasteiger partial charge >= 0.3 is 0 Å². The van der Waals surface area contributed by atoms with Crippen LogP contribution in [-0.4, -0.2) is 19.5 Å². The Labute approximate surface area is 341 Å². The summed E-state index contributed by atoms with van der Waals surface area (Å²) in [7, 11) is 0. The van der Waals surface area contributed by atoms with Crippen LogP contribution in [0.2, 0.25) is 0 Å². The van der Waals surface area contributed by atoms with Gasteiger partial charge in [-0.3, -0.25) is 0 Å². The normalized spacial score (nSPS) is 12.1. The first kappa shape index (κ1) is 32.4. The molecule has 0 amide bonds. The van der Waals surface area contributed by atoms with Crippen LogP contribution in [-0.2, 0) is 0 Å². The minimum Gasteiger partial charge on any atom is -0.456 e. The molecule has 0 atom stereocenters. The third-order valence-corrected chi connectivity index (χ3v) is 13.0. The summed E-state index contributed by atoms with van der Waals surface area (Å²) in [6, 6.07) is 64.5. The lowest BCUT2D eigenvalue weighted by molar-refractivity contribution is 0.669. The molecule has 13 rings (SSSR count). The highest BCUT2D eigenvalue weighted by Gasteiger charge is 2.22. The molecule has 0 radical (unpaired) electrons. The van der Waals surface area contributed by atoms with Gasteiger partial charge < -0.3 is 8.98 Å². The van der Waals surface area contributed by atoms with E-state index in [1.54, 1.807) is 11.3 Å². The number of fused-ring (bicyclic) bond motifs is 13. The third-order valence-electron chi connectivity index (χ3n) is 11.8. The van der Waals surface area contributed by atoms with Gasteiger partial charge in [0.15, 0.2) is 17.5 Å². The van der Waals surface area contributed by atoms with Gasteiger partial charge in [0.1, 0.15) is 11.2 Å². The van der Waals surface area contributed by atoms with Crippen LogP contribution in [0.3, 0.4) is 0 Å². The van der Waals surface area contributed by atoms with Crippen molar-refractivity contribution in [2.45, 2.75) is 0 Å². The van der Waals surface area contributed by atoms with Crippen LogP contribution in [0.4, 0.5) is 0 Å². The summed E-state index contributed by atoms with van der Waals surface area (Å²) in [5.41, 5.74) is 7.84. The predicted molar refractivity (Wildman–Crippen MR) is 246 cm³/mol. The lowest BCUT2D eigenvalue weighted by Crippen LogP contribution is -2.01. The van der Waals surface area contributed by atoms with E-state index in [-0.39, 0.29) is 0 Å². The Hall–Kier alpha value is -7.67. The van der Waals surface area contributed by atoms with Gasteiger partial charge in [-0.2, -0.15) is 0 Å². The smallest absolute Gasteiger partial charge is 0.165 e. The quantitative estimate of drug-likeness (QED) is 0.179. The van der Waals surface area contributed by atoms with Crippen molar-refractivity contribution in [3.8, 4) is 39.9 Å². The zero-order valence-corrected chi connectivity index (χ0v) is 32.2. The van der Waals surface area contributed by atoms with Crippen molar-refractivity contribution in [2.24, 2.45) is 0 Å². The van der Waals surface area contributed by atoms with Crippen LogP contribution in [0.1, 0.15) is 0 Å². The van der Waals surface area contributed by atoms with E-state index in [1.807, 2.05) is 42.5 Å². The summed E-state index contributed by atoms with van der Waals surface area (Å²) in [5.74, 6) is 1.86. The van der Waals surface area contributed by atoms with Crippen molar-refractivity contribution in [3.05, 3.63) is 182 Å². The first-order valence-electron chi connectivity index (χ1n) is 19.8. The molecule has 13 aromatic rings. The molecule has 6 heteroatoms. The van der Waals surface area contributed by atoms with Gasteiger partial charge in [0.05, 0.1) is 11.0 Å². The van der Waals surface area contributed by atoms with Gasteiger partial charge in [-0.05, 0) is 76.1 Å². The van der Waals surface area contributed by atoms with Crippen LogP contribution < -0.4 is 0 Å². The number of rotatable bonds is 4. The van der Waals surface area contributed by atoms with Crippen LogP contribution in [0, 0.1) is 0 Å². The van der Waals surface area contributed by atoms with E-state index < -0.39 is 0 Å². The predicted octanol–water partition coefficient (Wildman–Crippen LogP) is 14.5. The van der Waals surface area contributed by atoms with E-state index in [4.69, 9.17) is 19.4 Å². The van der Waals surface area contributed by atoms with Crippen LogP contribution >= 0.6 is 11.3 Å². The van der Waals surface area contributed by atoms with Crippen LogP contribution in [0.25, 0.3) is 125 Å². The molecule has 0 fully saturated rings. The maximum Gasteiger partial charge on any atom is 0.165 e. The molecular weight excluding hydrogens is 741 g/mol. The molecular formula is C53H30N4OS. The Bertz CT molecular complexity index is 3770. The van der Waals surface area contributed by atoms with E-state index in [0.717, 1.165) is 60.0 Å². The van der Waals surface area contributed by atoms with E-state index in [1.165, 1.54) is 47.8 Å². The van der Waals surface area contributed by atoms with Gasteiger partial charge in [0.2, 0.25) is 0 Å². The molecule has 4 heterocycles. The number of nitrogens with zero attached hydrogens (tertiary/aromatic N) is 4. The molecule has 0 N–H and O–H groups in total. The van der Waals surface area contributed by atoms with E-state index in [2.05, 4.69) is 144 Å². The van der Waals surface area contributed by atoms with Crippen molar-refractivity contribution >= 4 is 96.8 Å². The highest BCUT2D eigenvalue weighted by atomic mass is 32.1. The maximum absolute atomic E-state index is 6.21. The fourth-order valence-corrected chi connectivity index (χ4v) is 10.3. The summed E-state index contributed by atoms with van der Waals surface area (Å²) in [4.78, 5) is 15.8. The number of hydrogen-bond acceptors (Lipinski definition) is 5. The Balaban J connectivity index is 1.13. The second kappa shape index (κ2) is 12.4. The average Bonchev–Trinajstić information content (AvgIpc) is 3.98. The molecule has 0 saturated carbocycles. The lowest BCUT2D eigenvalue weighted by atomic mass is 10.00. The fraction of sp³-hybridized carbons (Fsp3) is 0.